The molecule has 3 aromatic carbocycles. The van der Waals surface area contributed by atoms with Gasteiger partial charge >= 0.3 is 0 Å². The van der Waals surface area contributed by atoms with Gasteiger partial charge in [0.15, 0.2) is 0 Å². The lowest BCUT2D eigenvalue weighted by Crippen LogP contribution is -2.32. The van der Waals surface area contributed by atoms with E-state index in [0.29, 0.717) is 0 Å². The van der Waals surface area contributed by atoms with E-state index in [1.807, 2.05) is 73.3 Å². The largest absolute Gasteiger partial charge is 0.457 e. The van der Waals surface area contributed by atoms with Gasteiger partial charge in [-0.05, 0) is 61.0 Å². The summed E-state index contributed by atoms with van der Waals surface area (Å²) in [4.78, 5) is 11.3. The number of ether oxygens (including phenoxy) is 1. The number of rotatable bonds is 5. The second-order valence-electron chi connectivity index (χ2n) is 8.16. The molecule has 0 bridgehead atoms. The fraction of sp³-hybridized carbons (Fsp3) is 0.214. The van der Waals surface area contributed by atoms with Crippen molar-refractivity contribution in [3.05, 3.63) is 84.2 Å². The quantitative estimate of drug-likeness (QED) is 0.371. The first-order valence-electron chi connectivity index (χ1n) is 11.4. The second kappa shape index (κ2) is 10.6. The van der Waals surface area contributed by atoms with Crippen molar-refractivity contribution in [3.63, 3.8) is 0 Å². The molecule has 1 N–H and O–H groups in total. The predicted molar refractivity (Wildman–Crippen MR) is 141 cm³/mol. The predicted octanol–water partition coefficient (Wildman–Crippen LogP) is 5.87. The summed E-state index contributed by atoms with van der Waals surface area (Å²) in [5, 5.41) is 4.40. The SMILES string of the molecule is Cc1cc(Nc2ncnc3ccc(C#CCN4CCSCC4)cc23)ccc1Oc1ccccc1. The number of fused-ring (bicyclic) bond motifs is 1. The van der Waals surface area contributed by atoms with E-state index in [0.717, 1.165) is 64.7 Å². The number of anilines is 2. The number of para-hydroxylation sites is 1. The van der Waals surface area contributed by atoms with Crippen molar-refractivity contribution >= 4 is 34.2 Å². The number of nitrogens with zero attached hydrogens (tertiary/aromatic N) is 3. The van der Waals surface area contributed by atoms with Crippen LogP contribution in [0.5, 0.6) is 11.5 Å². The van der Waals surface area contributed by atoms with E-state index < -0.39 is 0 Å². The molecule has 2 heterocycles. The summed E-state index contributed by atoms with van der Waals surface area (Å²) >= 11 is 2.02. The summed E-state index contributed by atoms with van der Waals surface area (Å²) in [6, 6.07) is 21.9. The monoisotopic (exact) mass is 466 g/mol. The molecule has 170 valence electrons. The average molecular weight is 467 g/mol. The highest BCUT2D eigenvalue weighted by atomic mass is 32.2. The first kappa shape index (κ1) is 22.3. The minimum atomic E-state index is 0.762. The van der Waals surface area contributed by atoms with Gasteiger partial charge in [0.05, 0.1) is 12.1 Å². The van der Waals surface area contributed by atoms with Gasteiger partial charge in [0.25, 0.3) is 0 Å². The number of aryl methyl sites for hydroxylation is 1. The van der Waals surface area contributed by atoms with E-state index in [1.54, 1.807) is 6.33 Å². The van der Waals surface area contributed by atoms with E-state index in [1.165, 1.54) is 11.5 Å². The van der Waals surface area contributed by atoms with Gasteiger partial charge in [0, 0.05) is 41.2 Å². The number of benzene rings is 3. The molecule has 0 radical (unpaired) electrons. The molecule has 0 amide bonds. The van der Waals surface area contributed by atoms with Crippen molar-refractivity contribution in [3.8, 4) is 23.3 Å². The van der Waals surface area contributed by atoms with Crippen LogP contribution in [0.4, 0.5) is 11.5 Å². The Hall–Kier alpha value is -3.53. The van der Waals surface area contributed by atoms with Crippen LogP contribution < -0.4 is 10.1 Å². The highest BCUT2D eigenvalue weighted by molar-refractivity contribution is 7.99. The molecule has 1 fully saturated rings. The summed E-state index contributed by atoms with van der Waals surface area (Å²) in [7, 11) is 0. The zero-order chi connectivity index (χ0) is 23.2. The van der Waals surface area contributed by atoms with E-state index in [-0.39, 0.29) is 0 Å². The van der Waals surface area contributed by atoms with Crippen molar-refractivity contribution in [1.82, 2.24) is 14.9 Å². The molecule has 1 saturated heterocycles. The van der Waals surface area contributed by atoms with E-state index in [2.05, 4.69) is 44.2 Å². The molecule has 4 aromatic rings. The molecule has 0 unspecified atom stereocenters. The van der Waals surface area contributed by atoms with Gasteiger partial charge in [-0.2, -0.15) is 11.8 Å². The number of aromatic nitrogens is 2. The lowest BCUT2D eigenvalue weighted by Gasteiger charge is -2.23. The summed E-state index contributed by atoms with van der Waals surface area (Å²) < 4.78 is 6.01. The van der Waals surface area contributed by atoms with Gasteiger partial charge < -0.3 is 10.1 Å². The van der Waals surface area contributed by atoms with Crippen LogP contribution in [0, 0.1) is 18.8 Å². The van der Waals surface area contributed by atoms with Crippen LogP contribution in [0.15, 0.2) is 73.1 Å². The molecule has 0 aliphatic carbocycles. The number of thioether (sulfide) groups is 1. The molecule has 5 rings (SSSR count). The maximum atomic E-state index is 6.01. The fourth-order valence-corrected chi connectivity index (χ4v) is 4.82. The van der Waals surface area contributed by atoms with Gasteiger partial charge in [-0.3, -0.25) is 4.90 Å². The molecule has 0 spiro atoms. The Morgan fingerprint density at radius 2 is 1.85 bits per heavy atom. The van der Waals surface area contributed by atoms with E-state index in [4.69, 9.17) is 4.74 Å². The standard InChI is InChI=1S/C28H26N4OS/c1-21-18-23(10-12-27(21)33-24-7-3-2-4-8-24)31-28-25-19-22(9-11-26(25)29-20-30-28)6-5-13-32-14-16-34-17-15-32/h2-4,7-12,18-20H,13-17H2,1H3,(H,29,30,31). The summed E-state index contributed by atoms with van der Waals surface area (Å²) in [6.45, 7) is 5.09. The van der Waals surface area contributed by atoms with Gasteiger partial charge in [-0.25, -0.2) is 9.97 Å². The molecule has 34 heavy (non-hydrogen) atoms. The molecule has 1 aliphatic rings. The van der Waals surface area contributed by atoms with Crippen LogP contribution in [0.2, 0.25) is 0 Å². The zero-order valence-electron chi connectivity index (χ0n) is 19.1. The van der Waals surface area contributed by atoms with Crippen LogP contribution in [0.1, 0.15) is 11.1 Å². The van der Waals surface area contributed by atoms with Gasteiger partial charge in [0.2, 0.25) is 0 Å². The second-order valence-corrected chi connectivity index (χ2v) is 9.39. The molecular formula is C28H26N4OS. The van der Waals surface area contributed by atoms with Crippen LogP contribution in [-0.4, -0.2) is 46.0 Å². The topological polar surface area (TPSA) is 50.3 Å². The van der Waals surface area contributed by atoms with Crippen LogP contribution in [-0.2, 0) is 0 Å². The van der Waals surface area contributed by atoms with Crippen LogP contribution in [0.25, 0.3) is 10.9 Å². The fourth-order valence-electron chi connectivity index (χ4n) is 3.84. The van der Waals surface area contributed by atoms with Crippen LogP contribution >= 0.6 is 11.8 Å². The lowest BCUT2D eigenvalue weighted by molar-refractivity contribution is 0.341. The normalized spacial score (nSPS) is 13.8. The minimum absolute atomic E-state index is 0.762. The Morgan fingerprint density at radius 3 is 2.68 bits per heavy atom. The smallest absolute Gasteiger partial charge is 0.141 e. The van der Waals surface area contributed by atoms with Gasteiger partial charge in [-0.1, -0.05) is 30.0 Å². The third kappa shape index (κ3) is 5.51. The minimum Gasteiger partial charge on any atom is -0.457 e. The molecule has 1 aromatic heterocycles. The summed E-state index contributed by atoms with van der Waals surface area (Å²) in [5.74, 6) is 11.5. The molecule has 5 nitrogen and oxygen atoms in total. The average Bonchev–Trinajstić information content (AvgIpc) is 2.87. The third-order valence-electron chi connectivity index (χ3n) is 5.68. The van der Waals surface area contributed by atoms with Crippen molar-refractivity contribution in [1.29, 1.82) is 0 Å². The van der Waals surface area contributed by atoms with Crippen LogP contribution in [0.3, 0.4) is 0 Å². The van der Waals surface area contributed by atoms with E-state index >= 15 is 0 Å². The zero-order valence-corrected chi connectivity index (χ0v) is 19.9. The molecular weight excluding hydrogens is 440 g/mol. The first-order valence-corrected chi connectivity index (χ1v) is 12.5. The third-order valence-corrected chi connectivity index (χ3v) is 6.63. The van der Waals surface area contributed by atoms with Gasteiger partial charge in [-0.15, -0.1) is 0 Å². The highest BCUT2D eigenvalue weighted by Crippen LogP contribution is 2.30. The Balaban J connectivity index is 1.34. The van der Waals surface area contributed by atoms with E-state index in [9.17, 15) is 0 Å². The lowest BCUT2D eigenvalue weighted by atomic mass is 10.1. The van der Waals surface area contributed by atoms with Crippen molar-refractivity contribution < 1.29 is 4.74 Å². The number of nitrogens with one attached hydrogen (secondary N) is 1. The Morgan fingerprint density at radius 1 is 1.00 bits per heavy atom. The molecule has 6 heteroatoms. The number of hydrogen-bond donors (Lipinski definition) is 1. The van der Waals surface area contributed by atoms with Crippen molar-refractivity contribution in [2.24, 2.45) is 0 Å². The molecule has 1 aliphatic heterocycles. The highest BCUT2D eigenvalue weighted by Gasteiger charge is 2.09. The first-order chi connectivity index (χ1) is 16.7. The summed E-state index contributed by atoms with van der Waals surface area (Å²) in [5.41, 5.74) is 3.84. The van der Waals surface area contributed by atoms with Crippen molar-refractivity contribution in [2.75, 3.05) is 36.5 Å². The number of hydrogen-bond acceptors (Lipinski definition) is 6. The maximum absolute atomic E-state index is 6.01. The maximum Gasteiger partial charge on any atom is 0.141 e. The van der Waals surface area contributed by atoms with Crippen molar-refractivity contribution in [2.45, 2.75) is 6.92 Å². The molecule has 0 saturated carbocycles. The summed E-state index contributed by atoms with van der Waals surface area (Å²) in [6.07, 6.45) is 1.59. The van der Waals surface area contributed by atoms with Gasteiger partial charge in [0.1, 0.15) is 23.6 Å². The Bertz CT molecular complexity index is 1340. The molecule has 0 atom stereocenters. The Labute approximate surface area is 204 Å². The Kier molecular flexibility index (Phi) is 6.94.